The van der Waals surface area contributed by atoms with Crippen LogP contribution in [-0.2, 0) is 24.0 Å². The first-order chi connectivity index (χ1) is 24.9. The molecule has 2 heterocycles. The van der Waals surface area contributed by atoms with Crippen molar-refractivity contribution in [2.24, 2.45) is 51.1 Å². The third-order valence-corrected chi connectivity index (χ3v) is 15.7. The van der Waals surface area contributed by atoms with E-state index in [1.807, 2.05) is 27.8 Å². The molecule has 3 N–H and O–H groups in total. The molecule has 4 aliphatic carbocycles. The molecular formula is C42H67N5O6. The lowest BCUT2D eigenvalue weighted by atomic mass is 9.73. The number of likely N-dealkylation sites (tertiary alicyclic amines) is 1. The van der Waals surface area contributed by atoms with Crippen molar-refractivity contribution >= 4 is 35.2 Å². The van der Waals surface area contributed by atoms with Gasteiger partial charge in [0.05, 0.1) is 12.1 Å². The number of rotatable bonds is 13. The van der Waals surface area contributed by atoms with Crippen molar-refractivity contribution in [3.8, 4) is 0 Å². The normalized spacial score (nSPS) is 28.8. The summed E-state index contributed by atoms with van der Waals surface area (Å²) in [7, 11) is 2.04. The molecule has 53 heavy (non-hydrogen) atoms. The van der Waals surface area contributed by atoms with Gasteiger partial charge in [0, 0.05) is 62.8 Å². The van der Waals surface area contributed by atoms with E-state index in [4.69, 9.17) is 5.73 Å². The zero-order valence-corrected chi connectivity index (χ0v) is 33.5. The second-order valence-corrected chi connectivity index (χ2v) is 19.7. The van der Waals surface area contributed by atoms with Crippen molar-refractivity contribution in [1.29, 1.82) is 0 Å². The number of nitrogens with zero attached hydrogens (tertiary/aromatic N) is 3. The van der Waals surface area contributed by atoms with E-state index in [2.05, 4.69) is 24.1 Å². The van der Waals surface area contributed by atoms with Gasteiger partial charge in [-0.1, -0.05) is 79.6 Å². The SMILES string of the molecule is CN1CCN(C(=O)N[C@H](C(=O)C[C@H](C(=O)N2C[C@]3(C[C@H]2C(=O)CC(CC2CCC2)C(=O)C(N)=O)C(C)(C)C32CCC2)C(C)(C)C)C2CCCCC2)CC1. The van der Waals surface area contributed by atoms with Crippen molar-refractivity contribution in [3.05, 3.63) is 0 Å². The van der Waals surface area contributed by atoms with E-state index in [-0.39, 0.29) is 58.5 Å². The number of hydrogen-bond donors (Lipinski definition) is 2. The minimum absolute atomic E-state index is 0.0179. The number of urea groups is 1. The number of hydrogen-bond acceptors (Lipinski definition) is 7. The number of nitrogens with two attached hydrogens (primary N) is 1. The van der Waals surface area contributed by atoms with Crippen LogP contribution in [0, 0.1) is 45.3 Å². The van der Waals surface area contributed by atoms with Crippen LogP contribution in [0.1, 0.15) is 131 Å². The molecule has 6 rings (SSSR count). The monoisotopic (exact) mass is 738 g/mol. The van der Waals surface area contributed by atoms with E-state index in [9.17, 15) is 24.0 Å². The lowest BCUT2D eigenvalue weighted by Gasteiger charge is -2.38. The molecule has 0 radical (unpaired) electrons. The fourth-order valence-electron chi connectivity index (χ4n) is 11.6. The molecule has 2 spiro atoms. The molecule has 2 saturated heterocycles. The molecule has 0 bridgehead atoms. The standard InChI is InChI=1S/C42H67N5O6/c1-39(2,3)30(24-33(49)34(28-14-8-7-9-15-28)44-38(53)46-20-18-45(6)19-21-46)37(52)47-26-42(40(4,5)41(42)16-11-17-41)25-31(47)32(48)23-29(35(50)36(43)51)22-27-12-10-13-27/h27-31,34H,7-26H2,1-6H3,(H2,43,51)(H,44,53)/t29?,30-,31+,34+,42-/m1/s1. The molecule has 11 nitrogen and oxygen atoms in total. The summed E-state index contributed by atoms with van der Waals surface area (Å²) in [6.07, 6.45) is 12.1. The summed E-state index contributed by atoms with van der Waals surface area (Å²) in [5.41, 5.74) is 4.71. The van der Waals surface area contributed by atoms with E-state index in [1.54, 1.807) is 9.80 Å². The molecule has 5 atom stereocenters. The summed E-state index contributed by atoms with van der Waals surface area (Å²) < 4.78 is 0. The summed E-state index contributed by atoms with van der Waals surface area (Å²) in [6.45, 7) is 13.7. The minimum Gasteiger partial charge on any atom is -0.363 e. The maximum atomic E-state index is 15.1. The van der Waals surface area contributed by atoms with E-state index in [1.165, 1.54) is 0 Å². The van der Waals surface area contributed by atoms with E-state index in [0.717, 1.165) is 83.7 Å². The topological polar surface area (TPSA) is 150 Å². The molecule has 1 unspecified atom stereocenters. The Hall–Kier alpha value is -2.82. The van der Waals surface area contributed by atoms with Crippen molar-refractivity contribution < 1.29 is 28.8 Å². The maximum absolute atomic E-state index is 15.1. The lowest BCUT2D eigenvalue weighted by Crippen LogP contribution is -2.56. The van der Waals surface area contributed by atoms with Crippen LogP contribution in [0.25, 0.3) is 0 Å². The third kappa shape index (κ3) is 7.33. The summed E-state index contributed by atoms with van der Waals surface area (Å²) in [6, 6.07) is -1.61. The van der Waals surface area contributed by atoms with Gasteiger partial charge in [0.1, 0.15) is 0 Å². The number of ketones is 3. The van der Waals surface area contributed by atoms with Crippen LogP contribution in [0.5, 0.6) is 0 Å². The molecule has 6 fully saturated rings. The number of carbonyl (C=O) groups is 6. The zero-order valence-electron chi connectivity index (χ0n) is 33.5. The molecule has 4 amide bonds. The minimum atomic E-state index is -1.01. The average molecular weight is 738 g/mol. The quantitative estimate of drug-likeness (QED) is 0.249. The molecule has 296 valence electrons. The van der Waals surface area contributed by atoms with Crippen LogP contribution < -0.4 is 11.1 Å². The predicted molar refractivity (Wildman–Crippen MR) is 202 cm³/mol. The zero-order chi connectivity index (χ0) is 38.5. The molecule has 4 saturated carbocycles. The van der Waals surface area contributed by atoms with Crippen LogP contribution in [-0.4, -0.2) is 102 Å². The first-order valence-electron chi connectivity index (χ1n) is 20.9. The molecule has 0 aromatic carbocycles. The first-order valence-corrected chi connectivity index (χ1v) is 20.9. The molecule has 2 aliphatic heterocycles. The van der Waals surface area contributed by atoms with Gasteiger partial charge in [-0.3, -0.25) is 24.0 Å². The number of carbonyl (C=O) groups excluding carboxylic acids is 6. The van der Waals surface area contributed by atoms with Gasteiger partial charge < -0.3 is 25.8 Å². The highest BCUT2D eigenvalue weighted by Gasteiger charge is 2.85. The van der Waals surface area contributed by atoms with Crippen LogP contribution >= 0.6 is 0 Å². The van der Waals surface area contributed by atoms with Gasteiger partial charge in [-0.05, 0) is 73.7 Å². The molecule has 0 aromatic rings. The van der Waals surface area contributed by atoms with Crippen LogP contribution in [0.15, 0.2) is 0 Å². The number of fused-ring (bicyclic) bond motifs is 1. The summed E-state index contributed by atoms with van der Waals surface area (Å²) in [4.78, 5) is 88.7. The molecule has 6 aliphatic rings. The fourth-order valence-corrected chi connectivity index (χ4v) is 11.6. The van der Waals surface area contributed by atoms with Gasteiger partial charge in [-0.25, -0.2) is 4.79 Å². The van der Waals surface area contributed by atoms with E-state index in [0.29, 0.717) is 38.4 Å². The maximum Gasteiger partial charge on any atom is 0.318 e. The first kappa shape index (κ1) is 39.9. The van der Waals surface area contributed by atoms with Crippen molar-refractivity contribution in [1.82, 2.24) is 20.0 Å². The smallest absolute Gasteiger partial charge is 0.318 e. The highest BCUT2D eigenvalue weighted by Crippen LogP contribution is 2.88. The number of primary amides is 1. The van der Waals surface area contributed by atoms with Crippen molar-refractivity contribution in [3.63, 3.8) is 0 Å². The Kier molecular flexibility index (Phi) is 11.3. The number of likely N-dealkylation sites (N-methyl/N-ethyl adjacent to an activating group) is 1. The summed E-state index contributed by atoms with van der Waals surface area (Å²) in [5, 5.41) is 3.16. The summed E-state index contributed by atoms with van der Waals surface area (Å²) >= 11 is 0. The van der Waals surface area contributed by atoms with E-state index < -0.39 is 41.0 Å². The van der Waals surface area contributed by atoms with Gasteiger partial charge in [-0.15, -0.1) is 0 Å². The van der Waals surface area contributed by atoms with Crippen LogP contribution in [0.2, 0.25) is 0 Å². The Balaban J connectivity index is 1.26. The highest BCUT2D eigenvalue weighted by atomic mass is 16.2. The van der Waals surface area contributed by atoms with Gasteiger partial charge in [0.25, 0.3) is 5.91 Å². The number of amides is 4. The Bertz CT molecular complexity index is 1450. The van der Waals surface area contributed by atoms with Crippen molar-refractivity contribution in [2.45, 2.75) is 143 Å². The second-order valence-electron chi connectivity index (χ2n) is 19.7. The lowest BCUT2D eigenvalue weighted by molar-refractivity contribution is -0.147. The number of Topliss-reactive ketones (excluding diaryl/α,β-unsaturated/α-hetero) is 3. The molecular weight excluding hydrogens is 670 g/mol. The van der Waals surface area contributed by atoms with Gasteiger partial charge in [0.2, 0.25) is 11.7 Å². The Morgan fingerprint density at radius 1 is 0.830 bits per heavy atom. The second kappa shape index (κ2) is 15.0. The van der Waals surface area contributed by atoms with Crippen molar-refractivity contribution in [2.75, 3.05) is 39.8 Å². The third-order valence-electron chi connectivity index (χ3n) is 15.7. The van der Waals surface area contributed by atoms with Crippen LogP contribution in [0.4, 0.5) is 4.79 Å². The fraction of sp³-hybridized carbons (Fsp3) is 0.857. The number of nitrogens with one attached hydrogen (secondary N) is 1. The highest BCUT2D eigenvalue weighted by molar-refractivity contribution is 6.36. The Labute approximate surface area is 317 Å². The Morgan fingerprint density at radius 2 is 1.47 bits per heavy atom. The predicted octanol–water partition coefficient (Wildman–Crippen LogP) is 5.13. The van der Waals surface area contributed by atoms with Gasteiger partial charge in [-0.2, -0.15) is 0 Å². The van der Waals surface area contributed by atoms with E-state index >= 15 is 4.79 Å². The molecule has 0 aromatic heterocycles. The van der Waals surface area contributed by atoms with Crippen LogP contribution in [0.3, 0.4) is 0 Å². The Morgan fingerprint density at radius 3 is 1.98 bits per heavy atom. The average Bonchev–Trinajstić information content (AvgIpc) is 3.28. The molecule has 11 heteroatoms. The largest absolute Gasteiger partial charge is 0.363 e. The number of piperazine rings is 1. The van der Waals surface area contributed by atoms with Gasteiger partial charge >= 0.3 is 6.03 Å². The van der Waals surface area contributed by atoms with Gasteiger partial charge in [0.15, 0.2) is 11.6 Å². The summed E-state index contributed by atoms with van der Waals surface area (Å²) in [5.74, 6) is -3.33.